The number of nitrogens with zero attached hydrogens (tertiary/aromatic N) is 2. The highest BCUT2D eigenvalue weighted by Gasteiger charge is 2.37. The van der Waals surface area contributed by atoms with Gasteiger partial charge in [-0.05, 0) is 69.0 Å². The molecule has 1 aromatic carbocycles. The zero-order valence-electron chi connectivity index (χ0n) is 22.4. The molecule has 0 radical (unpaired) electrons. The van der Waals surface area contributed by atoms with Gasteiger partial charge in [-0.3, -0.25) is 10.3 Å². The molecular weight excluding hydrogens is 597 g/mol. The molecule has 1 unspecified atom stereocenters. The van der Waals surface area contributed by atoms with E-state index in [4.69, 9.17) is 22.0 Å². The van der Waals surface area contributed by atoms with Gasteiger partial charge in [0.15, 0.2) is 0 Å². The molecule has 13 heteroatoms. The van der Waals surface area contributed by atoms with Crippen molar-refractivity contribution in [3.05, 3.63) is 75.9 Å². The van der Waals surface area contributed by atoms with Crippen molar-refractivity contribution < 1.29 is 26.9 Å². The van der Waals surface area contributed by atoms with Crippen LogP contribution in [0.15, 0.2) is 54.7 Å². The summed E-state index contributed by atoms with van der Waals surface area (Å²) >= 11 is 7.79. The summed E-state index contributed by atoms with van der Waals surface area (Å²) in [5.74, 6) is -1.51. The van der Waals surface area contributed by atoms with Gasteiger partial charge in [0.1, 0.15) is 17.5 Å². The van der Waals surface area contributed by atoms with Gasteiger partial charge < -0.3 is 4.74 Å². The Morgan fingerprint density at radius 1 is 1.15 bits per heavy atom. The highest BCUT2D eigenvalue weighted by atomic mass is 35.5. The Labute approximate surface area is 245 Å². The molecule has 1 amide bonds. The summed E-state index contributed by atoms with van der Waals surface area (Å²) in [6.07, 6.45) is -3.75. The maximum atomic E-state index is 13.4. The molecule has 0 fully saturated rings. The quantitative estimate of drug-likeness (QED) is 0.228. The van der Waals surface area contributed by atoms with Gasteiger partial charge in [0.2, 0.25) is 0 Å². The van der Waals surface area contributed by atoms with Crippen molar-refractivity contribution in [3.63, 3.8) is 0 Å². The number of hydrogen-bond donors (Lipinski definition) is 2. The Bertz CT molecular complexity index is 1730. The van der Waals surface area contributed by atoms with E-state index in [1.165, 1.54) is 41.8 Å². The number of amides is 1. The van der Waals surface area contributed by atoms with Gasteiger partial charge in [-0.25, -0.2) is 18.7 Å². The van der Waals surface area contributed by atoms with Crippen LogP contribution in [0, 0.1) is 5.69 Å². The van der Waals surface area contributed by atoms with Crippen molar-refractivity contribution in [1.29, 1.82) is 0 Å². The first-order valence-corrected chi connectivity index (χ1v) is 14.7. The Hall–Kier alpha value is -3.41. The third kappa shape index (κ3) is 7.46. The maximum Gasteiger partial charge on any atom is 0.413 e. The standard InChI is InChI=1S/C28H26ClF3N4O3S2/c1-15(28(30,31)32)16-11-12-33-20(13-16)18-8-6-7-17-14-21(40-25(17)18)24(36-41(5)38)23-19(29)9-10-22(34-23)35-26(37)39-27(2,3)4/h5-15,24H,1-4H3,(H,36,38)(H,34,35,37)/t15?,24-/m1/s1. The molecule has 2 N–H and O–H groups in total. The highest BCUT2D eigenvalue weighted by Crippen LogP contribution is 2.41. The molecule has 4 rings (SSSR count). The second kappa shape index (κ2) is 11.8. The van der Waals surface area contributed by atoms with E-state index in [2.05, 4.69) is 20.0 Å². The second-order valence-electron chi connectivity index (χ2n) is 10.1. The lowest BCUT2D eigenvalue weighted by molar-refractivity contribution is -0.146. The van der Waals surface area contributed by atoms with Crippen LogP contribution in [0.2, 0.25) is 5.02 Å². The maximum absolute atomic E-state index is 13.4. The molecule has 7 nitrogen and oxygen atoms in total. The summed E-state index contributed by atoms with van der Waals surface area (Å²) < 4.78 is 61.0. The second-order valence-corrected chi connectivity index (χ2v) is 12.5. The fourth-order valence-corrected chi connectivity index (χ4v) is 5.98. The Kier molecular flexibility index (Phi) is 8.81. The lowest BCUT2D eigenvalue weighted by Crippen LogP contribution is -2.28. The summed E-state index contributed by atoms with van der Waals surface area (Å²) in [5.41, 5.74) is 6.22. The molecule has 41 heavy (non-hydrogen) atoms. The van der Waals surface area contributed by atoms with Crippen LogP contribution in [0.25, 0.3) is 21.3 Å². The Morgan fingerprint density at radius 3 is 2.54 bits per heavy atom. The minimum atomic E-state index is -4.39. The summed E-state index contributed by atoms with van der Waals surface area (Å²) in [4.78, 5) is 21.7. The number of alkyl halides is 3. The molecule has 216 valence electrons. The number of hydrogen-bond acceptors (Lipinski definition) is 6. The predicted molar refractivity (Wildman–Crippen MR) is 157 cm³/mol. The van der Waals surface area contributed by atoms with Gasteiger partial charge >= 0.3 is 12.3 Å². The van der Waals surface area contributed by atoms with Crippen molar-refractivity contribution in [2.45, 2.75) is 51.4 Å². The van der Waals surface area contributed by atoms with Crippen molar-refractivity contribution >= 4 is 55.3 Å². The SMILES string of the molecule is C#S(=O)N[C@H](c1cc2cccc(-c3cc(C(C)C(F)(F)F)ccn3)c2s1)c1nc(NC(=O)OC(C)(C)C)ccc1Cl. The van der Waals surface area contributed by atoms with Crippen LogP contribution in [0.3, 0.4) is 0 Å². The summed E-state index contributed by atoms with van der Waals surface area (Å²) in [6.45, 7) is 6.28. The number of ether oxygens (including phenoxy) is 1. The number of carbonyl (C=O) groups excluding carboxylic acids is 1. The molecule has 0 saturated heterocycles. The predicted octanol–water partition coefficient (Wildman–Crippen LogP) is 7.96. The fourth-order valence-electron chi connectivity index (χ4n) is 3.98. The Balaban J connectivity index is 1.77. The van der Waals surface area contributed by atoms with E-state index in [-0.39, 0.29) is 22.1 Å². The number of anilines is 1. The van der Waals surface area contributed by atoms with E-state index >= 15 is 0 Å². The van der Waals surface area contributed by atoms with Crippen LogP contribution < -0.4 is 10.0 Å². The van der Waals surface area contributed by atoms with Gasteiger partial charge in [0.25, 0.3) is 0 Å². The zero-order valence-corrected chi connectivity index (χ0v) is 24.8. The van der Waals surface area contributed by atoms with Crippen molar-refractivity contribution in [2.24, 2.45) is 0 Å². The van der Waals surface area contributed by atoms with Crippen LogP contribution in [0.1, 0.15) is 55.8 Å². The van der Waals surface area contributed by atoms with Crippen molar-refractivity contribution in [3.8, 4) is 16.9 Å². The molecule has 0 aliphatic carbocycles. The molecular formula is C28H26ClF3N4O3S2. The lowest BCUT2D eigenvalue weighted by atomic mass is 9.99. The largest absolute Gasteiger partial charge is 0.444 e. The summed E-state index contributed by atoms with van der Waals surface area (Å²) in [5, 5.41) is 3.55. The average molecular weight is 623 g/mol. The molecule has 0 aliphatic rings. The van der Waals surface area contributed by atoms with E-state index in [0.717, 1.165) is 17.0 Å². The minimum absolute atomic E-state index is 0.0969. The number of thiophene rings is 1. The average Bonchev–Trinajstić information content (AvgIpc) is 3.30. The van der Waals surface area contributed by atoms with Crippen molar-refractivity contribution in [2.75, 3.05) is 5.32 Å². The Morgan fingerprint density at radius 2 is 1.88 bits per heavy atom. The number of halogens is 4. The zero-order chi connectivity index (χ0) is 30.1. The van der Waals surface area contributed by atoms with Crippen molar-refractivity contribution in [1.82, 2.24) is 14.7 Å². The molecule has 0 aliphatic heterocycles. The normalized spacial score (nSPS) is 13.5. The monoisotopic (exact) mass is 622 g/mol. The van der Waals surface area contributed by atoms with Crippen LogP contribution in [0.5, 0.6) is 0 Å². The van der Waals surface area contributed by atoms with Crippen LogP contribution in [0.4, 0.5) is 23.8 Å². The number of carbonyl (C=O) groups is 1. The lowest BCUT2D eigenvalue weighted by Gasteiger charge is -2.20. The van der Waals surface area contributed by atoms with Gasteiger partial charge in [0.05, 0.1) is 32.7 Å². The van der Waals surface area contributed by atoms with Gasteiger partial charge in [-0.1, -0.05) is 35.5 Å². The van der Waals surface area contributed by atoms with E-state index in [9.17, 15) is 22.2 Å². The third-order valence-electron chi connectivity index (χ3n) is 5.91. The van der Waals surface area contributed by atoms with E-state index in [1.54, 1.807) is 32.9 Å². The van der Waals surface area contributed by atoms with E-state index < -0.39 is 40.2 Å². The van der Waals surface area contributed by atoms with Gasteiger partial charge in [-0.2, -0.15) is 13.2 Å². The molecule has 3 heterocycles. The number of rotatable bonds is 6. The molecule has 0 spiro atoms. The van der Waals surface area contributed by atoms with E-state index in [0.29, 0.717) is 16.1 Å². The number of aromatic nitrogens is 2. The number of nitrogens with one attached hydrogen (secondary N) is 2. The first-order valence-electron chi connectivity index (χ1n) is 12.3. The molecule has 4 aromatic rings. The molecule has 0 bridgehead atoms. The molecule has 2 atom stereocenters. The fraction of sp³-hybridized carbons (Fsp3) is 0.286. The highest BCUT2D eigenvalue weighted by molar-refractivity contribution is 7.71. The third-order valence-corrected chi connectivity index (χ3v) is 7.94. The van der Waals surface area contributed by atoms with Crippen LogP contribution in [-0.2, 0) is 15.1 Å². The number of fused-ring (bicyclic) bond motifs is 1. The molecule has 0 saturated carbocycles. The van der Waals surface area contributed by atoms with Crippen LogP contribution >= 0.6 is 22.9 Å². The van der Waals surface area contributed by atoms with Crippen LogP contribution in [-0.4, -0.2) is 32.0 Å². The smallest absolute Gasteiger partial charge is 0.413 e. The number of pyridine rings is 2. The first-order chi connectivity index (χ1) is 19.1. The van der Waals surface area contributed by atoms with Gasteiger partial charge in [0, 0.05) is 21.3 Å². The number of benzene rings is 1. The van der Waals surface area contributed by atoms with E-state index in [1.807, 2.05) is 12.1 Å². The molecule has 3 aromatic heterocycles. The summed E-state index contributed by atoms with van der Waals surface area (Å²) in [7, 11) is -1.99. The minimum Gasteiger partial charge on any atom is -0.444 e. The topological polar surface area (TPSA) is 93.2 Å². The summed E-state index contributed by atoms with van der Waals surface area (Å²) in [6, 6.07) is 12.2. The van der Waals surface area contributed by atoms with Gasteiger partial charge in [-0.15, -0.1) is 11.3 Å². The first kappa shape index (κ1) is 30.5.